The minimum Gasteiger partial charge on any atom is -0.396 e. The zero-order chi connectivity index (χ0) is 19.3. The number of pyridine rings is 2. The highest BCUT2D eigenvalue weighted by molar-refractivity contribution is 5.79. The van der Waals surface area contributed by atoms with Gasteiger partial charge in [-0.2, -0.15) is 5.11 Å². The number of fused-ring (bicyclic) bond motifs is 1. The van der Waals surface area contributed by atoms with Crippen LogP contribution in [0, 0.1) is 11.4 Å². The maximum absolute atomic E-state index is 9.32. The van der Waals surface area contributed by atoms with Crippen LogP contribution in [0.5, 0.6) is 0 Å². The predicted octanol–water partition coefficient (Wildman–Crippen LogP) is 4.11. The summed E-state index contributed by atoms with van der Waals surface area (Å²) in [6.07, 6.45) is 3.73. The summed E-state index contributed by atoms with van der Waals surface area (Å²) in [4.78, 5) is 11.3. The fourth-order valence-electron chi connectivity index (χ4n) is 3.60. The van der Waals surface area contributed by atoms with Crippen molar-refractivity contribution in [3.05, 3.63) is 54.2 Å². The molecule has 7 nitrogen and oxygen atoms in total. The number of aliphatic hydroxyl groups is 1. The fraction of sp³-hybridized carbons (Fsp3) is 0.333. The summed E-state index contributed by atoms with van der Waals surface area (Å²) in [5, 5.41) is 17.4. The van der Waals surface area contributed by atoms with Crippen molar-refractivity contribution >= 4 is 28.2 Å². The van der Waals surface area contributed by atoms with Gasteiger partial charge in [0.1, 0.15) is 11.5 Å². The van der Waals surface area contributed by atoms with Gasteiger partial charge in [0, 0.05) is 37.8 Å². The van der Waals surface area contributed by atoms with Gasteiger partial charge in [0.2, 0.25) is 0 Å². The van der Waals surface area contributed by atoms with Gasteiger partial charge in [0.15, 0.2) is 5.82 Å². The number of nitrogens with zero attached hydrogens (tertiary/aromatic N) is 4. The highest BCUT2D eigenvalue weighted by Crippen LogP contribution is 2.29. The third-order valence-electron chi connectivity index (χ3n) is 5.30. The van der Waals surface area contributed by atoms with Crippen LogP contribution in [0.1, 0.15) is 18.4 Å². The first-order chi connectivity index (χ1) is 13.8. The highest BCUT2D eigenvalue weighted by atomic mass is 16.3. The average Bonchev–Trinajstić information content (AvgIpc) is 2.77. The predicted molar refractivity (Wildman–Crippen MR) is 110 cm³/mol. The lowest BCUT2D eigenvalue weighted by molar-refractivity contribution is 0.203. The fourth-order valence-corrected chi connectivity index (χ4v) is 3.60. The second-order valence-corrected chi connectivity index (χ2v) is 7.15. The summed E-state index contributed by atoms with van der Waals surface area (Å²) in [5.74, 6) is 1.89. The maximum Gasteiger partial charge on any atom is 0.156 e. The molecular formula is C21H24N6O. The zero-order valence-electron chi connectivity index (χ0n) is 15.7. The van der Waals surface area contributed by atoms with Gasteiger partial charge in [-0.1, -0.05) is 12.1 Å². The summed E-state index contributed by atoms with van der Waals surface area (Å²) >= 11 is 0. The van der Waals surface area contributed by atoms with E-state index < -0.39 is 0 Å². The van der Waals surface area contributed by atoms with Crippen LogP contribution >= 0.6 is 0 Å². The molecule has 3 N–H and O–H groups in total. The summed E-state index contributed by atoms with van der Waals surface area (Å²) < 4.78 is 0. The van der Waals surface area contributed by atoms with E-state index in [0.717, 1.165) is 48.2 Å². The topological polar surface area (TPSA) is 97.5 Å². The summed E-state index contributed by atoms with van der Waals surface area (Å²) in [7, 11) is 0. The first-order valence-electron chi connectivity index (χ1n) is 9.58. The molecule has 1 saturated heterocycles. The number of anilines is 2. The van der Waals surface area contributed by atoms with Crippen LogP contribution in [-0.2, 0) is 6.54 Å². The number of nitrogens with one attached hydrogen (secondary N) is 2. The lowest BCUT2D eigenvalue weighted by Gasteiger charge is -2.32. The second-order valence-electron chi connectivity index (χ2n) is 7.15. The Balaban J connectivity index is 1.50. The summed E-state index contributed by atoms with van der Waals surface area (Å²) in [6.45, 7) is 2.61. The number of hydrogen-bond donors (Lipinski definition) is 3. The molecule has 1 fully saturated rings. The van der Waals surface area contributed by atoms with Crippen molar-refractivity contribution in [2.75, 3.05) is 29.9 Å². The van der Waals surface area contributed by atoms with E-state index in [2.05, 4.69) is 26.4 Å². The van der Waals surface area contributed by atoms with Crippen LogP contribution in [0.4, 0.5) is 17.3 Å². The number of aliphatic hydroxyl groups excluding tert-OH is 1. The van der Waals surface area contributed by atoms with E-state index in [0.29, 0.717) is 24.0 Å². The van der Waals surface area contributed by atoms with Gasteiger partial charge in [-0.05, 0) is 54.7 Å². The van der Waals surface area contributed by atoms with Gasteiger partial charge < -0.3 is 15.3 Å². The molecule has 0 radical (unpaired) electrons. The van der Waals surface area contributed by atoms with Crippen molar-refractivity contribution < 1.29 is 5.11 Å². The van der Waals surface area contributed by atoms with Crippen LogP contribution < -0.4 is 10.2 Å². The van der Waals surface area contributed by atoms with E-state index in [-0.39, 0.29) is 6.61 Å². The molecule has 0 saturated carbocycles. The van der Waals surface area contributed by atoms with Crippen molar-refractivity contribution in [1.82, 2.24) is 9.97 Å². The van der Waals surface area contributed by atoms with E-state index in [4.69, 9.17) is 10.5 Å². The molecule has 0 unspecified atom stereocenters. The molecule has 3 aromatic rings. The van der Waals surface area contributed by atoms with Crippen LogP contribution in [0.3, 0.4) is 0 Å². The quantitative estimate of drug-likeness (QED) is 0.562. The van der Waals surface area contributed by atoms with Gasteiger partial charge >= 0.3 is 0 Å². The van der Waals surface area contributed by atoms with Crippen molar-refractivity contribution in [3.63, 3.8) is 0 Å². The molecule has 0 aliphatic carbocycles. The summed E-state index contributed by atoms with van der Waals surface area (Å²) in [5.41, 5.74) is 10.1. The first kappa shape index (κ1) is 18.3. The largest absolute Gasteiger partial charge is 0.396 e. The van der Waals surface area contributed by atoms with Crippen molar-refractivity contribution in [1.29, 1.82) is 5.53 Å². The lowest BCUT2D eigenvalue weighted by Crippen LogP contribution is -2.35. The molecule has 0 bridgehead atoms. The SMILES string of the molecule is N=Nc1ccc(N2CCC(CO)CC2)nc1NCc1ccc2ncccc2c1. The molecule has 7 heteroatoms. The van der Waals surface area contributed by atoms with Gasteiger partial charge in [0.05, 0.1) is 5.52 Å². The molecule has 144 valence electrons. The molecule has 1 aliphatic rings. The molecule has 4 rings (SSSR count). The molecule has 1 aliphatic heterocycles. The van der Waals surface area contributed by atoms with Crippen LogP contribution in [0.2, 0.25) is 0 Å². The van der Waals surface area contributed by atoms with E-state index in [1.807, 2.05) is 36.4 Å². The molecule has 0 amide bonds. The number of rotatable bonds is 6. The Morgan fingerprint density at radius 1 is 1.18 bits per heavy atom. The number of piperidine rings is 1. The third-order valence-corrected chi connectivity index (χ3v) is 5.30. The van der Waals surface area contributed by atoms with Crippen molar-refractivity contribution in [2.24, 2.45) is 11.0 Å². The average molecular weight is 376 g/mol. The van der Waals surface area contributed by atoms with E-state index in [9.17, 15) is 5.11 Å². The van der Waals surface area contributed by atoms with Gasteiger partial charge in [-0.25, -0.2) is 10.5 Å². The van der Waals surface area contributed by atoms with E-state index in [1.54, 1.807) is 6.20 Å². The second kappa shape index (κ2) is 8.31. The third kappa shape index (κ3) is 3.94. The zero-order valence-corrected chi connectivity index (χ0v) is 15.7. The van der Waals surface area contributed by atoms with Crippen molar-refractivity contribution in [2.45, 2.75) is 19.4 Å². The van der Waals surface area contributed by atoms with Crippen LogP contribution in [-0.4, -0.2) is 34.8 Å². The summed E-state index contributed by atoms with van der Waals surface area (Å²) in [6, 6.07) is 13.9. The highest BCUT2D eigenvalue weighted by Gasteiger charge is 2.20. The molecule has 2 aromatic heterocycles. The van der Waals surface area contributed by atoms with E-state index >= 15 is 0 Å². The Kier molecular flexibility index (Phi) is 5.43. The van der Waals surface area contributed by atoms with Gasteiger partial charge in [-0.3, -0.25) is 4.98 Å². The Morgan fingerprint density at radius 2 is 2.04 bits per heavy atom. The molecule has 3 heterocycles. The normalized spacial score (nSPS) is 15.0. The molecular weight excluding hydrogens is 352 g/mol. The molecule has 1 aromatic carbocycles. The lowest BCUT2D eigenvalue weighted by atomic mass is 9.98. The number of aromatic nitrogens is 2. The first-order valence-corrected chi connectivity index (χ1v) is 9.58. The maximum atomic E-state index is 9.32. The minimum absolute atomic E-state index is 0.256. The Morgan fingerprint density at radius 3 is 2.82 bits per heavy atom. The standard InChI is InChI=1S/C21H24N6O/c22-26-19-5-6-20(27-10-7-15(14-28)8-11-27)25-21(19)24-13-16-3-4-18-17(12-16)2-1-9-23-18/h1-6,9,12,15,22,28H,7-8,10-11,13-14H2,(H,24,25). The van der Waals surface area contributed by atoms with E-state index in [1.165, 1.54) is 0 Å². The number of benzene rings is 1. The Hall–Kier alpha value is -3.06. The minimum atomic E-state index is 0.256. The van der Waals surface area contributed by atoms with Crippen LogP contribution in [0.25, 0.3) is 10.9 Å². The monoisotopic (exact) mass is 376 g/mol. The Bertz CT molecular complexity index is 968. The molecule has 0 atom stereocenters. The molecule has 0 spiro atoms. The van der Waals surface area contributed by atoms with Gasteiger partial charge in [0.25, 0.3) is 0 Å². The van der Waals surface area contributed by atoms with Crippen molar-refractivity contribution in [3.8, 4) is 0 Å². The molecule has 28 heavy (non-hydrogen) atoms. The van der Waals surface area contributed by atoms with Gasteiger partial charge in [-0.15, -0.1) is 0 Å². The van der Waals surface area contributed by atoms with Crippen LogP contribution in [0.15, 0.2) is 53.8 Å². The number of hydrogen-bond acceptors (Lipinski definition) is 7. The smallest absolute Gasteiger partial charge is 0.156 e. The Labute approximate surface area is 163 Å².